The SMILES string of the molecule is Clc1ccc(Sc2ccc(C=Nc3ccc(-c4ccccc4)cc3)s2)cc1. The summed E-state index contributed by atoms with van der Waals surface area (Å²) in [7, 11) is 0. The first-order chi connectivity index (χ1) is 13.3. The van der Waals surface area contributed by atoms with Crippen molar-refractivity contribution in [2.24, 2.45) is 4.99 Å². The van der Waals surface area contributed by atoms with Crippen molar-refractivity contribution in [1.29, 1.82) is 0 Å². The summed E-state index contributed by atoms with van der Waals surface area (Å²) >= 11 is 9.41. The van der Waals surface area contributed by atoms with Gasteiger partial charge in [-0.2, -0.15) is 0 Å². The van der Waals surface area contributed by atoms with E-state index >= 15 is 0 Å². The molecule has 0 N–H and O–H groups in total. The summed E-state index contributed by atoms with van der Waals surface area (Å²) in [5, 5.41) is 0.761. The molecule has 0 radical (unpaired) electrons. The molecule has 1 nitrogen and oxygen atoms in total. The molecule has 3 aromatic carbocycles. The number of halogens is 1. The molecule has 0 aliphatic heterocycles. The summed E-state index contributed by atoms with van der Waals surface area (Å²) in [4.78, 5) is 6.92. The van der Waals surface area contributed by atoms with Crippen LogP contribution in [0.4, 0.5) is 5.69 Å². The summed E-state index contributed by atoms with van der Waals surface area (Å²) in [6, 6.07) is 30.8. The van der Waals surface area contributed by atoms with Crippen molar-refractivity contribution in [2.45, 2.75) is 9.10 Å². The van der Waals surface area contributed by atoms with Gasteiger partial charge in [0.05, 0.1) is 9.90 Å². The van der Waals surface area contributed by atoms with Crippen LogP contribution in [-0.4, -0.2) is 6.21 Å². The molecule has 27 heavy (non-hydrogen) atoms. The molecule has 0 aliphatic rings. The van der Waals surface area contributed by atoms with Crippen LogP contribution in [0, 0.1) is 0 Å². The minimum Gasteiger partial charge on any atom is -0.255 e. The highest BCUT2D eigenvalue weighted by Gasteiger charge is 2.02. The third kappa shape index (κ3) is 4.89. The average molecular weight is 406 g/mol. The molecule has 0 spiro atoms. The van der Waals surface area contributed by atoms with E-state index in [2.05, 4.69) is 65.7 Å². The minimum absolute atomic E-state index is 0.761. The van der Waals surface area contributed by atoms with E-state index in [1.165, 1.54) is 20.2 Å². The van der Waals surface area contributed by atoms with E-state index < -0.39 is 0 Å². The van der Waals surface area contributed by atoms with Gasteiger partial charge in [-0.3, -0.25) is 4.99 Å². The fourth-order valence-corrected chi connectivity index (χ4v) is 4.71. The molecular weight excluding hydrogens is 390 g/mol. The molecule has 0 amide bonds. The Morgan fingerprint density at radius 3 is 2.19 bits per heavy atom. The lowest BCUT2D eigenvalue weighted by molar-refractivity contribution is 1.46. The van der Waals surface area contributed by atoms with Crippen LogP contribution < -0.4 is 0 Å². The summed E-state index contributed by atoms with van der Waals surface area (Å²) in [6.07, 6.45) is 1.92. The van der Waals surface area contributed by atoms with E-state index in [1.807, 2.05) is 36.5 Å². The average Bonchev–Trinajstić information content (AvgIpc) is 3.17. The largest absolute Gasteiger partial charge is 0.255 e. The maximum atomic E-state index is 5.94. The predicted molar refractivity (Wildman–Crippen MR) is 119 cm³/mol. The number of benzene rings is 3. The first-order valence-electron chi connectivity index (χ1n) is 8.49. The van der Waals surface area contributed by atoms with Crippen molar-refractivity contribution in [3.8, 4) is 11.1 Å². The van der Waals surface area contributed by atoms with E-state index in [9.17, 15) is 0 Å². The van der Waals surface area contributed by atoms with E-state index in [0.29, 0.717) is 0 Å². The summed E-state index contributed by atoms with van der Waals surface area (Å²) < 4.78 is 1.23. The molecule has 0 aliphatic carbocycles. The first kappa shape index (κ1) is 18.1. The van der Waals surface area contributed by atoms with Crippen molar-refractivity contribution >= 4 is 46.6 Å². The van der Waals surface area contributed by atoms with Gasteiger partial charge in [0.15, 0.2) is 0 Å². The van der Waals surface area contributed by atoms with Crippen molar-refractivity contribution in [3.63, 3.8) is 0 Å². The lowest BCUT2D eigenvalue weighted by atomic mass is 10.1. The van der Waals surface area contributed by atoms with Gasteiger partial charge in [-0.25, -0.2) is 0 Å². The third-order valence-corrected chi connectivity index (χ3v) is 6.36. The van der Waals surface area contributed by atoms with Gasteiger partial charge in [0.1, 0.15) is 0 Å². The van der Waals surface area contributed by atoms with Gasteiger partial charge in [0.25, 0.3) is 0 Å². The molecule has 4 aromatic rings. The number of hydrogen-bond donors (Lipinski definition) is 0. The Morgan fingerprint density at radius 1 is 0.741 bits per heavy atom. The molecule has 0 saturated carbocycles. The van der Waals surface area contributed by atoms with Crippen LogP contribution >= 0.6 is 34.7 Å². The Kier molecular flexibility index (Phi) is 5.73. The van der Waals surface area contributed by atoms with E-state index in [0.717, 1.165) is 15.6 Å². The van der Waals surface area contributed by atoms with Crippen LogP contribution in [0.5, 0.6) is 0 Å². The summed E-state index contributed by atoms with van der Waals surface area (Å²) in [5.41, 5.74) is 3.37. The smallest absolute Gasteiger partial charge is 0.0653 e. The molecule has 1 heterocycles. The zero-order valence-electron chi connectivity index (χ0n) is 14.4. The molecular formula is C23H16ClNS2. The van der Waals surface area contributed by atoms with E-state index in [-0.39, 0.29) is 0 Å². The number of aliphatic imine (C=N–C) groups is 1. The topological polar surface area (TPSA) is 12.4 Å². The van der Waals surface area contributed by atoms with Gasteiger partial charge in [-0.05, 0) is 59.7 Å². The number of nitrogens with zero attached hydrogens (tertiary/aromatic N) is 1. The molecule has 0 unspecified atom stereocenters. The standard InChI is InChI=1S/C23H16ClNS2/c24-19-8-12-21(13-9-19)26-23-15-14-22(27-23)16-25-20-10-6-18(7-11-20)17-4-2-1-3-5-17/h1-16H. The molecule has 0 fully saturated rings. The fourth-order valence-electron chi connectivity index (χ4n) is 2.59. The van der Waals surface area contributed by atoms with Gasteiger partial charge in [-0.15, -0.1) is 11.3 Å². The van der Waals surface area contributed by atoms with Gasteiger partial charge < -0.3 is 0 Å². The van der Waals surface area contributed by atoms with Crippen LogP contribution in [0.1, 0.15) is 4.88 Å². The highest BCUT2D eigenvalue weighted by atomic mass is 35.5. The Morgan fingerprint density at radius 2 is 1.44 bits per heavy atom. The van der Waals surface area contributed by atoms with Crippen LogP contribution in [0.2, 0.25) is 5.02 Å². The van der Waals surface area contributed by atoms with Gasteiger partial charge in [-0.1, -0.05) is 65.8 Å². The van der Waals surface area contributed by atoms with E-state index in [4.69, 9.17) is 11.6 Å². The van der Waals surface area contributed by atoms with Crippen LogP contribution in [0.25, 0.3) is 11.1 Å². The van der Waals surface area contributed by atoms with Crippen LogP contribution in [0.3, 0.4) is 0 Å². The van der Waals surface area contributed by atoms with Gasteiger partial charge in [0.2, 0.25) is 0 Å². The zero-order chi connectivity index (χ0) is 18.5. The second-order valence-corrected chi connectivity index (χ2v) is 8.81. The quantitative estimate of drug-likeness (QED) is 0.306. The fraction of sp³-hybridized carbons (Fsp3) is 0. The lowest BCUT2D eigenvalue weighted by Gasteiger charge is -2.01. The first-order valence-corrected chi connectivity index (χ1v) is 10.5. The molecule has 1 aromatic heterocycles. The Bertz CT molecular complexity index is 1040. The molecule has 0 saturated heterocycles. The monoisotopic (exact) mass is 405 g/mol. The Labute approximate surface area is 172 Å². The van der Waals surface area contributed by atoms with Crippen molar-refractivity contribution in [1.82, 2.24) is 0 Å². The van der Waals surface area contributed by atoms with Gasteiger partial charge >= 0.3 is 0 Å². The van der Waals surface area contributed by atoms with Crippen molar-refractivity contribution in [2.75, 3.05) is 0 Å². The normalized spacial score (nSPS) is 11.1. The number of thiophene rings is 1. The van der Waals surface area contributed by atoms with Gasteiger partial charge in [0, 0.05) is 21.0 Å². The van der Waals surface area contributed by atoms with Crippen molar-refractivity contribution in [3.05, 3.63) is 101 Å². The molecule has 4 heteroatoms. The third-order valence-electron chi connectivity index (χ3n) is 3.95. The maximum absolute atomic E-state index is 5.94. The highest BCUT2D eigenvalue weighted by molar-refractivity contribution is 8.01. The lowest BCUT2D eigenvalue weighted by Crippen LogP contribution is -1.76. The minimum atomic E-state index is 0.761. The molecule has 0 bridgehead atoms. The second kappa shape index (κ2) is 8.57. The number of rotatable bonds is 5. The summed E-state index contributed by atoms with van der Waals surface area (Å²) in [5.74, 6) is 0. The Hall–Kier alpha value is -2.33. The molecule has 0 atom stereocenters. The van der Waals surface area contributed by atoms with E-state index in [1.54, 1.807) is 23.1 Å². The Balaban J connectivity index is 1.42. The van der Waals surface area contributed by atoms with Crippen molar-refractivity contribution < 1.29 is 0 Å². The highest BCUT2D eigenvalue weighted by Crippen LogP contribution is 2.33. The second-order valence-electron chi connectivity index (χ2n) is 5.88. The predicted octanol–water partition coefficient (Wildman–Crippen LogP) is 7.97. The molecule has 4 rings (SSSR count). The zero-order valence-corrected chi connectivity index (χ0v) is 16.8. The molecule has 132 valence electrons. The summed E-state index contributed by atoms with van der Waals surface area (Å²) in [6.45, 7) is 0. The van der Waals surface area contributed by atoms with Crippen LogP contribution in [-0.2, 0) is 0 Å². The van der Waals surface area contributed by atoms with Crippen LogP contribution in [0.15, 0.2) is 105 Å². The number of hydrogen-bond acceptors (Lipinski definition) is 3. The maximum Gasteiger partial charge on any atom is 0.0653 e.